The van der Waals surface area contributed by atoms with Gasteiger partial charge in [0.1, 0.15) is 10.7 Å². The fourth-order valence-electron chi connectivity index (χ4n) is 3.06. The molecule has 0 fully saturated rings. The maximum atomic E-state index is 12.8. The van der Waals surface area contributed by atoms with Gasteiger partial charge in [0.2, 0.25) is 0 Å². The molecule has 1 aliphatic rings. The lowest BCUT2D eigenvalue weighted by molar-refractivity contribution is -0.112. The van der Waals surface area contributed by atoms with E-state index < -0.39 is 0 Å². The molecule has 5 nitrogen and oxygen atoms in total. The summed E-state index contributed by atoms with van der Waals surface area (Å²) in [5.74, 6) is 0.00385. The first-order valence-electron chi connectivity index (χ1n) is 8.43. The minimum absolute atomic E-state index is 0.00385. The summed E-state index contributed by atoms with van der Waals surface area (Å²) in [7, 11) is 0. The Morgan fingerprint density at radius 1 is 0.833 bits per heavy atom. The molecule has 5 heteroatoms. The van der Waals surface area contributed by atoms with Gasteiger partial charge >= 0.3 is 0 Å². The van der Waals surface area contributed by atoms with E-state index in [1.165, 1.54) is 9.13 Å². The van der Waals surface area contributed by atoms with Gasteiger partial charge in [-0.15, -0.1) is 0 Å². The number of carbonyl (C=O) groups is 1. The highest BCUT2D eigenvalue weighted by molar-refractivity contribution is 6.12. The van der Waals surface area contributed by atoms with Gasteiger partial charge in [0.05, 0.1) is 0 Å². The monoisotopic (exact) mass is 328 g/mol. The van der Waals surface area contributed by atoms with Crippen molar-refractivity contribution in [2.75, 3.05) is 0 Å². The van der Waals surface area contributed by atoms with E-state index in [0.29, 0.717) is 48.1 Å². The summed E-state index contributed by atoms with van der Waals surface area (Å²) < 4.78 is 3.01. The molecule has 1 heterocycles. The third-order valence-corrected chi connectivity index (χ3v) is 4.47. The first-order valence-corrected chi connectivity index (χ1v) is 8.43. The van der Waals surface area contributed by atoms with Crippen LogP contribution in [-0.4, -0.2) is 14.9 Å². The van der Waals surface area contributed by atoms with Crippen LogP contribution in [-0.2, 0) is 17.9 Å². The standard InChI is InChI=1S/C19H24N2O3/c1-6-13-10-15(11-14(7-2)17(13)22)16-18(23)20(8-3)12(5)21(9-4)19(16)24/h10-11H,5-9H2,1-4H3. The van der Waals surface area contributed by atoms with Crippen molar-refractivity contribution in [3.05, 3.63) is 54.7 Å². The van der Waals surface area contributed by atoms with E-state index in [1.54, 1.807) is 12.2 Å². The third kappa shape index (κ3) is 2.75. The van der Waals surface area contributed by atoms with E-state index in [-0.39, 0.29) is 22.1 Å². The summed E-state index contributed by atoms with van der Waals surface area (Å²) in [6.45, 7) is 12.2. The van der Waals surface area contributed by atoms with Crippen molar-refractivity contribution >= 4 is 17.9 Å². The normalized spacial score (nSPS) is 14.7. The Kier molecular flexibility index (Phi) is 5.22. The summed E-state index contributed by atoms with van der Waals surface area (Å²) in [5, 5.41) is 0.121. The maximum Gasteiger partial charge on any atom is 0.265 e. The molecule has 0 saturated heterocycles. The lowest BCUT2D eigenvalue weighted by Gasteiger charge is -2.15. The first-order chi connectivity index (χ1) is 11.4. The van der Waals surface area contributed by atoms with Gasteiger partial charge in [-0.3, -0.25) is 23.5 Å². The molecule has 1 aromatic heterocycles. The van der Waals surface area contributed by atoms with E-state index in [4.69, 9.17) is 0 Å². The van der Waals surface area contributed by atoms with E-state index in [1.807, 2.05) is 27.7 Å². The maximum absolute atomic E-state index is 12.8. The molecular weight excluding hydrogens is 304 g/mol. The predicted molar refractivity (Wildman–Crippen MR) is 96.2 cm³/mol. The zero-order valence-corrected chi connectivity index (χ0v) is 14.8. The molecule has 0 spiro atoms. The SMILES string of the molecule is C=c1n(CC)c(=O)c(=C2C=C(CC)C(=O)C(CC)=C2)c(=O)n1CC. The molecule has 1 aliphatic carbocycles. The highest BCUT2D eigenvalue weighted by Gasteiger charge is 2.19. The van der Waals surface area contributed by atoms with Crippen LogP contribution in [0.1, 0.15) is 40.5 Å². The Morgan fingerprint density at radius 2 is 1.25 bits per heavy atom. The largest absolute Gasteiger partial charge is 0.295 e. The van der Waals surface area contributed by atoms with Crippen molar-refractivity contribution in [1.82, 2.24) is 9.13 Å². The third-order valence-electron chi connectivity index (χ3n) is 4.47. The van der Waals surface area contributed by atoms with Crippen molar-refractivity contribution < 1.29 is 4.79 Å². The quantitative estimate of drug-likeness (QED) is 0.824. The topological polar surface area (TPSA) is 61.1 Å². The number of rotatable bonds is 4. The zero-order valence-electron chi connectivity index (χ0n) is 14.8. The van der Waals surface area contributed by atoms with Crippen LogP contribution in [0.5, 0.6) is 0 Å². The molecule has 128 valence electrons. The van der Waals surface area contributed by atoms with E-state index in [0.717, 1.165) is 0 Å². The molecule has 0 aromatic carbocycles. The van der Waals surface area contributed by atoms with Crippen molar-refractivity contribution in [2.45, 2.75) is 53.6 Å². The Balaban J connectivity index is 3.07. The number of Topliss-reactive ketones (excluding diaryl/α,β-unsaturated/α-hetero) is 1. The van der Waals surface area contributed by atoms with Crippen LogP contribution in [0.3, 0.4) is 0 Å². The van der Waals surface area contributed by atoms with Gasteiger partial charge in [-0.1, -0.05) is 20.4 Å². The first kappa shape index (κ1) is 17.9. The van der Waals surface area contributed by atoms with Crippen LogP contribution in [0.15, 0.2) is 32.9 Å². The summed E-state index contributed by atoms with van der Waals surface area (Å²) >= 11 is 0. The fourth-order valence-corrected chi connectivity index (χ4v) is 3.06. The van der Waals surface area contributed by atoms with E-state index in [9.17, 15) is 14.4 Å². The van der Waals surface area contributed by atoms with Gasteiger partial charge in [0.15, 0.2) is 5.78 Å². The molecule has 0 amide bonds. The average Bonchev–Trinajstić information content (AvgIpc) is 2.56. The van der Waals surface area contributed by atoms with Crippen LogP contribution in [0.25, 0.3) is 12.2 Å². The number of hydrogen-bond donors (Lipinski definition) is 0. The van der Waals surface area contributed by atoms with Gasteiger partial charge in [0, 0.05) is 24.2 Å². The Morgan fingerprint density at radius 3 is 1.58 bits per heavy atom. The van der Waals surface area contributed by atoms with Crippen LogP contribution < -0.4 is 21.8 Å². The molecule has 0 saturated carbocycles. The fraction of sp³-hybridized carbons (Fsp3) is 0.421. The van der Waals surface area contributed by atoms with Crippen LogP contribution in [0, 0.1) is 0 Å². The van der Waals surface area contributed by atoms with E-state index in [2.05, 4.69) is 6.58 Å². The molecule has 0 bridgehead atoms. The summed E-state index contributed by atoms with van der Waals surface area (Å²) in [5.41, 5.74) is 1.51. The summed E-state index contributed by atoms with van der Waals surface area (Å²) in [4.78, 5) is 38.0. The number of ketones is 1. The number of nitrogens with zero attached hydrogens (tertiary/aromatic N) is 2. The van der Waals surface area contributed by atoms with Gasteiger partial charge < -0.3 is 0 Å². The van der Waals surface area contributed by atoms with Gasteiger partial charge in [-0.2, -0.15) is 0 Å². The van der Waals surface area contributed by atoms with Crippen molar-refractivity contribution in [3.63, 3.8) is 0 Å². The lowest BCUT2D eigenvalue weighted by atomic mass is 9.90. The number of carbonyl (C=O) groups excluding carboxylic acids is 1. The second-order valence-electron chi connectivity index (χ2n) is 5.72. The zero-order chi connectivity index (χ0) is 18.0. The second-order valence-corrected chi connectivity index (χ2v) is 5.72. The number of aromatic nitrogens is 2. The van der Waals surface area contributed by atoms with Gasteiger partial charge in [-0.25, -0.2) is 0 Å². The van der Waals surface area contributed by atoms with Gasteiger partial charge in [0.25, 0.3) is 11.1 Å². The minimum Gasteiger partial charge on any atom is -0.295 e. The van der Waals surface area contributed by atoms with E-state index >= 15 is 0 Å². The molecule has 1 aromatic rings. The van der Waals surface area contributed by atoms with Crippen LogP contribution in [0.4, 0.5) is 0 Å². The molecule has 0 unspecified atom stereocenters. The van der Waals surface area contributed by atoms with Crippen molar-refractivity contribution in [2.24, 2.45) is 0 Å². The Hall–Kier alpha value is -2.43. The van der Waals surface area contributed by atoms with Crippen LogP contribution in [0.2, 0.25) is 0 Å². The average molecular weight is 328 g/mol. The molecule has 2 rings (SSSR count). The minimum atomic E-state index is -0.347. The number of allylic oxidation sites excluding steroid dienone is 4. The predicted octanol–water partition coefficient (Wildman–Crippen LogP) is 0.866. The smallest absolute Gasteiger partial charge is 0.265 e. The van der Waals surface area contributed by atoms with Crippen molar-refractivity contribution in [3.8, 4) is 0 Å². The molecule has 0 N–H and O–H groups in total. The highest BCUT2D eigenvalue weighted by atomic mass is 16.2. The Bertz CT molecular complexity index is 900. The molecule has 0 atom stereocenters. The second kappa shape index (κ2) is 6.99. The highest BCUT2D eigenvalue weighted by Crippen LogP contribution is 2.22. The van der Waals surface area contributed by atoms with Crippen molar-refractivity contribution in [1.29, 1.82) is 0 Å². The molecular formula is C19H24N2O3. The van der Waals surface area contributed by atoms with Crippen LogP contribution >= 0.6 is 0 Å². The van der Waals surface area contributed by atoms with Gasteiger partial charge in [-0.05, 0) is 44.4 Å². The molecule has 0 aliphatic heterocycles. The Labute approximate surface area is 140 Å². The summed E-state index contributed by atoms with van der Waals surface area (Å²) in [6.07, 6.45) is 4.50. The molecule has 24 heavy (non-hydrogen) atoms. The summed E-state index contributed by atoms with van der Waals surface area (Å²) in [6, 6.07) is 0. The molecule has 0 radical (unpaired) electrons. The number of hydrogen-bond acceptors (Lipinski definition) is 3. The lowest BCUT2D eigenvalue weighted by Crippen LogP contribution is -2.58.